The Labute approximate surface area is 95.4 Å². The summed E-state index contributed by atoms with van der Waals surface area (Å²) < 4.78 is 13.7. The molecule has 1 aromatic carbocycles. The largest absolute Gasteiger partial charge is 0.207 e. The lowest BCUT2D eigenvalue weighted by molar-refractivity contribution is 0.483. The van der Waals surface area contributed by atoms with Crippen LogP contribution in [0.1, 0.15) is 32.8 Å². The van der Waals surface area contributed by atoms with Crippen molar-refractivity contribution in [1.82, 2.24) is 0 Å². The maximum absolute atomic E-state index is 13.7. The van der Waals surface area contributed by atoms with Crippen LogP contribution < -0.4 is 0 Å². The Kier molecular flexibility index (Phi) is 2.54. The number of hydrogen-bond acceptors (Lipinski definition) is 0. The predicted molar refractivity (Wildman–Crippen MR) is 61.7 cm³/mol. The Morgan fingerprint density at radius 3 is 2.60 bits per heavy atom. The second-order valence-corrected chi connectivity index (χ2v) is 5.48. The number of hydrogen-bond donors (Lipinski definition) is 0. The molecule has 0 spiro atoms. The zero-order chi connectivity index (χ0) is 11.2. The number of halogens is 2. The number of benzene rings is 1. The maximum Gasteiger partial charge on any atom is 0.128 e. The third-order valence-electron chi connectivity index (χ3n) is 3.64. The summed E-state index contributed by atoms with van der Waals surface area (Å²) in [5.74, 6) is 0.991. The third-order valence-corrected chi connectivity index (χ3v) is 3.96. The summed E-state index contributed by atoms with van der Waals surface area (Å²) >= 11 is 6.08. The van der Waals surface area contributed by atoms with Gasteiger partial charge >= 0.3 is 0 Å². The topological polar surface area (TPSA) is 0 Å². The van der Waals surface area contributed by atoms with E-state index >= 15 is 0 Å². The van der Waals surface area contributed by atoms with Crippen LogP contribution >= 0.6 is 11.6 Å². The molecule has 0 heterocycles. The minimum absolute atomic E-state index is 0.0450. The van der Waals surface area contributed by atoms with E-state index in [1.807, 2.05) is 0 Å². The van der Waals surface area contributed by atoms with Gasteiger partial charge in [0.2, 0.25) is 0 Å². The molecule has 1 unspecified atom stereocenters. The van der Waals surface area contributed by atoms with Crippen molar-refractivity contribution in [3.05, 3.63) is 34.6 Å². The molecule has 2 atom stereocenters. The summed E-state index contributed by atoms with van der Waals surface area (Å²) in [5.41, 5.74) is 0.668. The molecule has 1 aliphatic carbocycles. The highest BCUT2D eigenvalue weighted by Crippen LogP contribution is 2.59. The molecule has 0 nitrogen and oxygen atoms in total. The quantitative estimate of drug-likeness (QED) is 0.701. The Balaban J connectivity index is 2.40. The Morgan fingerprint density at radius 1 is 1.47 bits per heavy atom. The molecule has 1 saturated carbocycles. The third kappa shape index (κ3) is 1.67. The van der Waals surface area contributed by atoms with Crippen molar-refractivity contribution in [2.45, 2.75) is 32.6 Å². The van der Waals surface area contributed by atoms with Crippen molar-refractivity contribution < 1.29 is 4.39 Å². The average molecular weight is 227 g/mol. The zero-order valence-electron chi connectivity index (χ0n) is 9.35. The first-order chi connectivity index (χ1) is 6.97. The summed E-state index contributed by atoms with van der Waals surface area (Å²) in [6.45, 7) is 6.48. The van der Waals surface area contributed by atoms with Crippen LogP contribution in [0.5, 0.6) is 0 Å². The van der Waals surface area contributed by atoms with Crippen molar-refractivity contribution in [2.24, 2.45) is 11.8 Å². The SMILES string of the molecule is CC(C)C1C[C@]1(C)c1c(F)cccc1Cl. The van der Waals surface area contributed by atoms with E-state index in [0.29, 0.717) is 22.4 Å². The van der Waals surface area contributed by atoms with E-state index in [1.165, 1.54) is 6.07 Å². The summed E-state index contributed by atoms with van der Waals surface area (Å²) in [7, 11) is 0. The van der Waals surface area contributed by atoms with E-state index < -0.39 is 0 Å². The van der Waals surface area contributed by atoms with Gasteiger partial charge in [-0.3, -0.25) is 0 Å². The lowest BCUT2D eigenvalue weighted by Crippen LogP contribution is -2.11. The van der Waals surface area contributed by atoms with Gasteiger partial charge in [-0.1, -0.05) is 38.4 Å². The Morgan fingerprint density at radius 2 is 2.13 bits per heavy atom. The second kappa shape index (κ2) is 3.48. The summed E-state index contributed by atoms with van der Waals surface area (Å²) in [6.07, 6.45) is 1.05. The van der Waals surface area contributed by atoms with Gasteiger partial charge in [0.05, 0.1) is 0 Å². The van der Waals surface area contributed by atoms with Crippen molar-refractivity contribution >= 4 is 11.6 Å². The van der Waals surface area contributed by atoms with Gasteiger partial charge in [0, 0.05) is 16.0 Å². The molecule has 1 aromatic rings. The van der Waals surface area contributed by atoms with Crippen molar-refractivity contribution in [3.63, 3.8) is 0 Å². The van der Waals surface area contributed by atoms with E-state index in [-0.39, 0.29) is 11.2 Å². The minimum Gasteiger partial charge on any atom is -0.207 e. The van der Waals surface area contributed by atoms with Gasteiger partial charge < -0.3 is 0 Å². The highest BCUT2D eigenvalue weighted by atomic mass is 35.5. The molecule has 2 rings (SSSR count). The standard InChI is InChI=1S/C13H16ClF/c1-8(2)9-7-13(9,3)12-10(14)5-4-6-11(12)15/h4-6,8-9H,7H2,1-3H3/t9?,13-/m0/s1. The Hall–Kier alpha value is -0.560. The van der Waals surface area contributed by atoms with E-state index in [9.17, 15) is 4.39 Å². The van der Waals surface area contributed by atoms with Gasteiger partial charge in [0.15, 0.2) is 0 Å². The van der Waals surface area contributed by atoms with E-state index in [2.05, 4.69) is 20.8 Å². The highest BCUT2D eigenvalue weighted by Gasteiger charge is 2.54. The van der Waals surface area contributed by atoms with Crippen molar-refractivity contribution in [1.29, 1.82) is 0 Å². The van der Waals surface area contributed by atoms with Crippen molar-refractivity contribution in [3.8, 4) is 0 Å². The fraction of sp³-hybridized carbons (Fsp3) is 0.538. The van der Waals surface area contributed by atoms with Gasteiger partial charge in [-0.05, 0) is 30.4 Å². The second-order valence-electron chi connectivity index (χ2n) is 5.07. The Bertz CT molecular complexity index is 366. The molecular weight excluding hydrogens is 211 g/mol. The molecule has 0 radical (unpaired) electrons. The average Bonchev–Trinajstić information content (AvgIpc) is 2.78. The summed E-state index contributed by atoms with van der Waals surface area (Å²) in [6, 6.07) is 4.94. The van der Waals surface area contributed by atoms with Gasteiger partial charge in [-0.2, -0.15) is 0 Å². The first-order valence-corrected chi connectivity index (χ1v) is 5.79. The van der Waals surface area contributed by atoms with Crippen LogP contribution in [0.4, 0.5) is 4.39 Å². The molecule has 0 bridgehead atoms. The van der Waals surface area contributed by atoms with Crippen molar-refractivity contribution in [2.75, 3.05) is 0 Å². The van der Waals surface area contributed by atoms with Crippen LogP contribution in [0.2, 0.25) is 5.02 Å². The van der Waals surface area contributed by atoms with Crippen LogP contribution in [0.3, 0.4) is 0 Å². The molecular formula is C13H16ClF. The predicted octanol–water partition coefficient (Wildman–Crippen LogP) is 4.41. The fourth-order valence-electron chi connectivity index (χ4n) is 2.70. The first-order valence-electron chi connectivity index (χ1n) is 5.41. The smallest absolute Gasteiger partial charge is 0.128 e. The highest BCUT2D eigenvalue weighted by molar-refractivity contribution is 6.31. The number of rotatable bonds is 2. The summed E-state index contributed by atoms with van der Waals surface area (Å²) in [4.78, 5) is 0. The van der Waals surface area contributed by atoms with Gasteiger partial charge in [0.25, 0.3) is 0 Å². The van der Waals surface area contributed by atoms with Gasteiger partial charge in [0.1, 0.15) is 5.82 Å². The van der Waals surface area contributed by atoms with Gasteiger partial charge in [-0.15, -0.1) is 0 Å². The van der Waals surface area contributed by atoms with Crippen LogP contribution in [0.15, 0.2) is 18.2 Å². The molecule has 82 valence electrons. The molecule has 0 N–H and O–H groups in total. The normalized spacial score (nSPS) is 29.6. The molecule has 0 aliphatic heterocycles. The molecule has 15 heavy (non-hydrogen) atoms. The first kappa shape index (κ1) is 10.9. The lowest BCUT2D eigenvalue weighted by atomic mass is 9.91. The molecule has 0 amide bonds. The maximum atomic E-state index is 13.7. The molecule has 0 aromatic heterocycles. The fourth-order valence-corrected chi connectivity index (χ4v) is 3.08. The molecule has 1 fully saturated rings. The van der Waals surface area contributed by atoms with Crippen LogP contribution in [0.25, 0.3) is 0 Å². The zero-order valence-corrected chi connectivity index (χ0v) is 10.1. The van der Waals surface area contributed by atoms with E-state index in [0.717, 1.165) is 6.42 Å². The van der Waals surface area contributed by atoms with Crippen LogP contribution in [-0.4, -0.2) is 0 Å². The monoisotopic (exact) mass is 226 g/mol. The van der Waals surface area contributed by atoms with E-state index in [4.69, 9.17) is 11.6 Å². The van der Waals surface area contributed by atoms with E-state index in [1.54, 1.807) is 12.1 Å². The van der Waals surface area contributed by atoms with Crippen LogP contribution in [-0.2, 0) is 5.41 Å². The summed E-state index contributed by atoms with van der Waals surface area (Å²) in [5, 5.41) is 0.570. The lowest BCUT2D eigenvalue weighted by Gasteiger charge is -2.16. The van der Waals surface area contributed by atoms with Gasteiger partial charge in [-0.25, -0.2) is 4.39 Å². The molecule has 2 heteroatoms. The molecule has 0 saturated heterocycles. The molecule has 1 aliphatic rings. The minimum atomic E-state index is -0.159. The van der Waals surface area contributed by atoms with Crippen LogP contribution in [0, 0.1) is 17.7 Å².